The Kier molecular flexibility index (Phi) is 3.44. The van der Waals surface area contributed by atoms with Crippen molar-refractivity contribution in [3.63, 3.8) is 0 Å². The number of phenolic OH excluding ortho intramolecular Hbond substituents is 1. The van der Waals surface area contributed by atoms with Crippen LogP contribution in [0.15, 0.2) is 28.7 Å². The highest BCUT2D eigenvalue weighted by Gasteiger charge is 2.04. The number of hydrogen-bond donors (Lipinski definition) is 2. The molecular weight excluding hydrogens is 216 g/mol. The lowest BCUT2D eigenvalue weighted by Crippen LogP contribution is -2.12. The zero-order valence-corrected chi connectivity index (χ0v) is 10.0. The smallest absolute Gasteiger partial charge is 0.208 e. The Labute approximate surface area is 100 Å². The van der Waals surface area contributed by atoms with Gasteiger partial charge < -0.3 is 14.8 Å². The molecule has 0 aliphatic heterocycles. The number of aromatic nitrogens is 1. The molecular formula is C13H16N2O2. The first-order valence-electron chi connectivity index (χ1n) is 5.56. The number of nitrogens with zero attached hydrogens (tertiary/aromatic N) is 1. The fraction of sp³-hybridized carbons (Fsp3) is 0.308. The summed E-state index contributed by atoms with van der Waals surface area (Å²) in [5.74, 6) is 1.84. The van der Waals surface area contributed by atoms with Crippen molar-refractivity contribution in [1.82, 2.24) is 10.3 Å². The van der Waals surface area contributed by atoms with Crippen LogP contribution in [0.4, 0.5) is 0 Å². The number of oxazole rings is 1. The summed E-state index contributed by atoms with van der Waals surface area (Å²) in [6.45, 7) is 5.10. The monoisotopic (exact) mass is 232 g/mol. The fourth-order valence-corrected chi connectivity index (χ4v) is 1.59. The van der Waals surface area contributed by atoms with E-state index < -0.39 is 0 Å². The number of aryl methyl sites for hydroxylation is 2. The van der Waals surface area contributed by atoms with E-state index in [1.54, 1.807) is 12.1 Å². The second-order valence-electron chi connectivity index (χ2n) is 4.02. The number of rotatable bonds is 4. The topological polar surface area (TPSA) is 58.3 Å². The number of nitrogens with one attached hydrogen (secondary N) is 1. The van der Waals surface area contributed by atoms with Gasteiger partial charge in [0.2, 0.25) is 5.89 Å². The van der Waals surface area contributed by atoms with E-state index in [0.717, 1.165) is 17.0 Å². The molecule has 0 bridgehead atoms. The molecule has 0 fully saturated rings. The largest absolute Gasteiger partial charge is 0.508 e. The Balaban J connectivity index is 1.87. The van der Waals surface area contributed by atoms with E-state index in [1.165, 1.54) is 0 Å². The van der Waals surface area contributed by atoms with E-state index in [1.807, 2.05) is 26.0 Å². The Hall–Kier alpha value is -1.81. The Morgan fingerprint density at radius 2 is 2.12 bits per heavy atom. The van der Waals surface area contributed by atoms with Crippen molar-refractivity contribution < 1.29 is 9.52 Å². The molecule has 1 aromatic heterocycles. The maximum atomic E-state index is 9.31. The summed E-state index contributed by atoms with van der Waals surface area (Å²) in [6, 6.07) is 7.17. The molecule has 90 valence electrons. The summed E-state index contributed by atoms with van der Waals surface area (Å²) in [5.41, 5.74) is 1.96. The van der Waals surface area contributed by atoms with E-state index in [-0.39, 0.29) is 5.75 Å². The molecule has 0 spiro atoms. The van der Waals surface area contributed by atoms with Gasteiger partial charge in [0.1, 0.15) is 11.5 Å². The van der Waals surface area contributed by atoms with Crippen LogP contribution in [-0.2, 0) is 13.1 Å². The van der Waals surface area contributed by atoms with Gasteiger partial charge in [0, 0.05) is 6.54 Å². The molecule has 2 N–H and O–H groups in total. The Bertz CT molecular complexity index is 486. The van der Waals surface area contributed by atoms with E-state index in [0.29, 0.717) is 19.0 Å². The van der Waals surface area contributed by atoms with Gasteiger partial charge in [-0.1, -0.05) is 12.1 Å². The number of hydrogen-bond acceptors (Lipinski definition) is 4. The minimum Gasteiger partial charge on any atom is -0.508 e. The maximum absolute atomic E-state index is 9.31. The first-order valence-corrected chi connectivity index (χ1v) is 5.56. The predicted molar refractivity (Wildman–Crippen MR) is 64.6 cm³/mol. The van der Waals surface area contributed by atoms with Crippen molar-refractivity contribution in [2.24, 2.45) is 0 Å². The molecule has 0 saturated carbocycles. The summed E-state index contributed by atoms with van der Waals surface area (Å²) in [7, 11) is 0. The molecule has 0 aliphatic rings. The van der Waals surface area contributed by atoms with Gasteiger partial charge in [-0.3, -0.25) is 0 Å². The van der Waals surface area contributed by atoms with Gasteiger partial charge in [-0.05, 0) is 31.5 Å². The summed E-state index contributed by atoms with van der Waals surface area (Å²) < 4.78 is 5.45. The van der Waals surface area contributed by atoms with Gasteiger partial charge in [0.05, 0.1) is 12.2 Å². The van der Waals surface area contributed by atoms with Crippen molar-refractivity contribution in [3.05, 3.63) is 47.2 Å². The van der Waals surface area contributed by atoms with Gasteiger partial charge >= 0.3 is 0 Å². The lowest BCUT2D eigenvalue weighted by molar-refractivity contribution is 0.448. The average Bonchev–Trinajstić information content (AvgIpc) is 2.58. The normalized spacial score (nSPS) is 10.7. The minimum atomic E-state index is 0.284. The highest BCUT2D eigenvalue weighted by atomic mass is 16.4. The molecule has 2 rings (SSSR count). The van der Waals surface area contributed by atoms with Crippen molar-refractivity contribution in [2.75, 3.05) is 0 Å². The minimum absolute atomic E-state index is 0.284. The van der Waals surface area contributed by atoms with Gasteiger partial charge in [-0.15, -0.1) is 0 Å². The second kappa shape index (κ2) is 5.01. The van der Waals surface area contributed by atoms with Crippen LogP contribution in [0.1, 0.15) is 22.9 Å². The van der Waals surface area contributed by atoms with Crippen LogP contribution in [0, 0.1) is 13.8 Å². The van der Waals surface area contributed by atoms with Gasteiger partial charge in [-0.2, -0.15) is 0 Å². The molecule has 0 aliphatic carbocycles. The molecule has 0 amide bonds. The fourth-order valence-electron chi connectivity index (χ4n) is 1.59. The van der Waals surface area contributed by atoms with E-state index in [9.17, 15) is 5.11 Å². The highest BCUT2D eigenvalue weighted by Crippen LogP contribution is 2.11. The lowest BCUT2D eigenvalue weighted by Gasteiger charge is -2.02. The van der Waals surface area contributed by atoms with E-state index >= 15 is 0 Å². The zero-order valence-electron chi connectivity index (χ0n) is 10.0. The van der Waals surface area contributed by atoms with Crippen LogP contribution in [0.3, 0.4) is 0 Å². The standard InChI is InChI=1S/C13H16N2O2/c1-9-10(2)17-13(15-9)8-14-7-11-4-3-5-12(16)6-11/h3-6,14,16H,7-8H2,1-2H3. The Morgan fingerprint density at radius 1 is 1.29 bits per heavy atom. The third-order valence-corrected chi connectivity index (χ3v) is 2.59. The quantitative estimate of drug-likeness (QED) is 0.849. The average molecular weight is 232 g/mol. The first-order chi connectivity index (χ1) is 8.15. The van der Waals surface area contributed by atoms with Crippen LogP contribution < -0.4 is 5.32 Å². The van der Waals surface area contributed by atoms with Crippen LogP contribution in [-0.4, -0.2) is 10.1 Å². The molecule has 0 saturated heterocycles. The van der Waals surface area contributed by atoms with Crippen molar-refractivity contribution in [3.8, 4) is 5.75 Å². The van der Waals surface area contributed by atoms with E-state index in [4.69, 9.17) is 4.42 Å². The predicted octanol–water partition coefficient (Wildman–Crippen LogP) is 2.29. The molecule has 17 heavy (non-hydrogen) atoms. The van der Waals surface area contributed by atoms with E-state index in [2.05, 4.69) is 10.3 Å². The highest BCUT2D eigenvalue weighted by molar-refractivity contribution is 5.26. The lowest BCUT2D eigenvalue weighted by atomic mass is 10.2. The summed E-state index contributed by atoms with van der Waals surface area (Å²) in [5, 5.41) is 12.5. The van der Waals surface area contributed by atoms with Crippen LogP contribution >= 0.6 is 0 Å². The van der Waals surface area contributed by atoms with Crippen LogP contribution in [0.5, 0.6) is 5.75 Å². The first kappa shape index (κ1) is 11.7. The summed E-state index contributed by atoms with van der Waals surface area (Å²) in [6.07, 6.45) is 0. The maximum Gasteiger partial charge on any atom is 0.208 e. The molecule has 0 atom stereocenters. The summed E-state index contributed by atoms with van der Waals surface area (Å²) >= 11 is 0. The third kappa shape index (κ3) is 3.07. The number of benzene rings is 1. The molecule has 4 nitrogen and oxygen atoms in total. The second-order valence-corrected chi connectivity index (χ2v) is 4.02. The molecule has 1 aromatic carbocycles. The molecule has 0 radical (unpaired) electrons. The molecule has 2 aromatic rings. The number of phenols is 1. The van der Waals surface area contributed by atoms with Crippen molar-refractivity contribution in [1.29, 1.82) is 0 Å². The Morgan fingerprint density at radius 3 is 2.76 bits per heavy atom. The third-order valence-electron chi connectivity index (χ3n) is 2.59. The zero-order chi connectivity index (χ0) is 12.3. The SMILES string of the molecule is Cc1nc(CNCc2cccc(O)c2)oc1C. The van der Waals surface area contributed by atoms with Gasteiger partial charge in [0.25, 0.3) is 0 Å². The molecule has 1 heterocycles. The van der Waals surface area contributed by atoms with Gasteiger partial charge in [0.15, 0.2) is 0 Å². The summed E-state index contributed by atoms with van der Waals surface area (Å²) in [4.78, 5) is 4.28. The van der Waals surface area contributed by atoms with Gasteiger partial charge in [-0.25, -0.2) is 4.98 Å². The van der Waals surface area contributed by atoms with Crippen LogP contribution in [0.25, 0.3) is 0 Å². The van der Waals surface area contributed by atoms with Crippen molar-refractivity contribution in [2.45, 2.75) is 26.9 Å². The number of aromatic hydroxyl groups is 1. The molecule has 4 heteroatoms. The van der Waals surface area contributed by atoms with Crippen molar-refractivity contribution >= 4 is 0 Å². The van der Waals surface area contributed by atoms with Crippen LogP contribution in [0.2, 0.25) is 0 Å². The molecule has 0 unspecified atom stereocenters.